The second-order valence-electron chi connectivity index (χ2n) is 3.92. The molecule has 0 saturated carbocycles. The minimum atomic E-state index is -1.02. The summed E-state index contributed by atoms with van der Waals surface area (Å²) < 4.78 is 0. The van der Waals surface area contributed by atoms with Crippen LogP contribution in [0.2, 0.25) is 0 Å². The number of thioether (sulfide) groups is 1. The zero-order valence-electron chi connectivity index (χ0n) is 9.67. The minimum absolute atomic E-state index is 0.526. The van der Waals surface area contributed by atoms with Crippen molar-refractivity contribution in [3.63, 3.8) is 0 Å². The molecule has 0 aromatic rings. The molecular weight excluding hydrogens is 210 g/mol. The van der Waals surface area contributed by atoms with Gasteiger partial charge in [-0.15, -0.1) is 0 Å². The van der Waals surface area contributed by atoms with Gasteiger partial charge in [-0.1, -0.05) is 25.7 Å². The molecule has 0 unspecified atom stereocenters. The fraction of sp³-hybridized carbons (Fsp3) is 0.909. The lowest BCUT2D eigenvalue weighted by molar-refractivity contribution is -0.438. The average molecular weight is 233 g/mol. The lowest BCUT2D eigenvalue weighted by Gasteiger charge is -2.08. The average Bonchev–Trinajstić information content (AvgIpc) is 2.21. The number of unbranched alkanes of at least 4 members (excludes halogenated alkanes) is 5. The maximum absolute atomic E-state index is 10.4. The summed E-state index contributed by atoms with van der Waals surface area (Å²) in [6.45, 7) is 0. The van der Waals surface area contributed by atoms with E-state index in [1.807, 2.05) is 11.8 Å². The van der Waals surface area contributed by atoms with Gasteiger partial charge in [-0.05, 0) is 24.9 Å². The summed E-state index contributed by atoms with van der Waals surface area (Å²) in [6, 6.07) is -0.526. The number of carboxylic acids is 1. The van der Waals surface area contributed by atoms with Crippen molar-refractivity contribution in [1.29, 1.82) is 0 Å². The third-order valence-corrected chi connectivity index (χ3v) is 3.18. The molecule has 0 aliphatic carbocycles. The van der Waals surface area contributed by atoms with Crippen LogP contribution in [0.15, 0.2) is 0 Å². The molecule has 0 heterocycles. The Morgan fingerprint density at radius 1 is 1.20 bits per heavy atom. The van der Waals surface area contributed by atoms with Crippen molar-refractivity contribution in [2.45, 2.75) is 51.0 Å². The summed E-state index contributed by atoms with van der Waals surface area (Å²) in [5.74, 6) is 0.237. The van der Waals surface area contributed by atoms with Crippen molar-refractivity contribution in [3.05, 3.63) is 0 Å². The van der Waals surface area contributed by atoms with Crippen molar-refractivity contribution >= 4 is 17.7 Å². The van der Waals surface area contributed by atoms with E-state index in [4.69, 9.17) is 0 Å². The molecule has 0 bridgehead atoms. The van der Waals surface area contributed by atoms with Gasteiger partial charge in [0.05, 0.1) is 5.97 Å². The number of rotatable bonds is 10. The molecule has 0 rings (SSSR count). The maximum Gasteiger partial charge on any atom is 0.124 e. The van der Waals surface area contributed by atoms with Crippen molar-refractivity contribution in [3.8, 4) is 0 Å². The van der Waals surface area contributed by atoms with E-state index in [0.29, 0.717) is 6.42 Å². The molecule has 0 aromatic carbocycles. The summed E-state index contributed by atoms with van der Waals surface area (Å²) >= 11 is 1.90. The summed E-state index contributed by atoms with van der Waals surface area (Å²) in [5.41, 5.74) is 3.53. The van der Waals surface area contributed by atoms with Crippen LogP contribution < -0.4 is 10.8 Å². The number of hydrogen-bond donors (Lipinski definition) is 1. The van der Waals surface area contributed by atoms with Crippen LogP contribution in [-0.4, -0.2) is 24.0 Å². The number of quaternary nitrogens is 1. The van der Waals surface area contributed by atoms with Gasteiger partial charge in [0.15, 0.2) is 0 Å². The van der Waals surface area contributed by atoms with E-state index in [0.717, 1.165) is 12.8 Å². The van der Waals surface area contributed by atoms with Gasteiger partial charge in [0.1, 0.15) is 6.04 Å². The molecule has 3 nitrogen and oxygen atoms in total. The number of hydrogen-bond acceptors (Lipinski definition) is 3. The number of carbonyl (C=O) groups is 1. The lowest BCUT2D eigenvalue weighted by Crippen LogP contribution is -2.68. The first kappa shape index (κ1) is 14.8. The largest absolute Gasteiger partial charge is 0.544 e. The van der Waals surface area contributed by atoms with Crippen LogP contribution in [0.4, 0.5) is 0 Å². The highest BCUT2D eigenvalue weighted by Crippen LogP contribution is 2.09. The van der Waals surface area contributed by atoms with E-state index < -0.39 is 12.0 Å². The Morgan fingerprint density at radius 2 is 1.73 bits per heavy atom. The van der Waals surface area contributed by atoms with Gasteiger partial charge in [0.25, 0.3) is 0 Å². The van der Waals surface area contributed by atoms with Crippen LogP contribution >= 0.6 is 11.8 Å². The SMILES string of the molecule is CSCCCCCCCC[C@H]([NH3+])C(=O)[O-]. The Morgan fingerprint density at radius 3 is 2.27 bits per heavy atom. The van der Waals surface area contributed by atoms with E-state index in [9.17, 15) is 9.90 Å². The highest BCUT2D eigenvalue weighted by atomic mass is 32.2. The fourth-order valence-electron chi connectivity index (χ4n) is 1.46. The Bertz CT molecular complexity index is 165. The van der Waals surface area contributed by atoms with Crippen LogP contribution in [0.25, 0.3) is 0 Å². The molecule has 0 aliphatic heterocycles. The monoisotopic (exact) mass is 233 g/mol. The zero-order valence-corrected chi connectivity index (χ0v) is 10.5. The molecule has 3 N–H and O–H groups in total. The normalized spacial score (nSPS) is 12.7. The van der Waals surface area contributed by atoms with Crippen LogP contribution in [-0.2, 0) is 4.79 Å². The third-order valence-electron chi connectivity index (χ3n) is 2.48. The van der Waals surface area contributed by atoms with Crippen LogP contribution in [0.1, 0.15) is 44.9 Å². The fourth-order valence-corrected chi connectivity index (χ4v) is 1.95. The van der Waals surface area contributed by atoms with Gasteiger partial charge in [-0.3, -0.25) is 0 Å². The highest BCUT2D eigenvalue weighted by Gasteiger charge is 2.05. The van der Waals surface area contributed by atoms with E-state index >= 15 is 0 Å². The van der Waals surface area contributed by atoms with Gasteiger partial charge in [0, 0.05) is 6.42 Å². The van der Waals surface area contributed by atoms with Crippen LogP contribution in [0.5, 0.6) is 0 Å². The van der Waals surface area contributed by atoms with Crippen molar-refractivity contribution in [1.82, 2.24) is 0 Å². The number of aliphatic carboxylic acids is 1. The molecule has 0 spiro atoms. The van der Waals surface area contributed by atoms with Crippen LogP contribution in [0.3, 0.4) is 0 Å². The maximum atomic E-state index is 10.4. The van der Waals surface area contributed by atoms with E-state index in [1.165, 1.54) is 31.4 Å². The number of carboxylic acid groups (broad SMARTS) is 1. The molecule has 0 aliphatic rings. The molecule has 90 valence electrons. The summed E-state index contributed by atoms with van der Waals surface area (Å²) in [5, 5.41) is 10.4. The van der Waals surface area contributed by atoms with E-state index in [-0.39, 0.29) is 0 Å². The van der Waals surface area contributed by atoms with Gasteiger partial charge in [-0.2, -0.15) is 11.8 Å². The van der Waals surface area contributed by atoms with Crippen molar-refractivity contribution in [2.24, 2.45) is 0 Å². The first-order valence-corrected chi connectivity index (χ1v) is 7.10. The van der Waals surface area contributed by atoms with Gasteiger partial charge < -0.3 is 15.6 Å². The second kappa shape index (κ2) is 10.3. The van der Waals surface area contributed by atoms with Gasteiger partial charge in [-0.25, -0.2) is 0 Å². The predicted molar refractivity (Wildman–Crippen MR) is 62.4 cm³/mol. The van der Waals surface area contributed by atoms with Crippen LogP contribution in [0, 0.1) is 0 Å². The predicted octanol–water partition coefficient (Wildman–Crippen LogP) is 0.441. The Labute approximate surface area is 96.8 Å². The molecular formula is C11H23NO2S. The van der Waals surface area contributed by atoms with Gasteiger partial charge in [0.2, 0.25) is 0 Å². The zero-order chi connectivity index (χ0) is 11.5. The first-order valence-electron chi connectivity index (χ1n) is 5.71. The van der Waals surface area contributed by atoms with Crippen molar-refractivity contribution < 1.29 is 15.6 Å². The molecule has 4 heteroatoms. The molecule has 1 atom stereocenters. The quantitative estimate of drug-likeness (QED) is 0.557. The highest BCUT2D eigenvalue weighted by molar-refractivity contribution is 7.98. The van der Waals surface area contributed by atoms with E-state index in [1.54, 1.807) is 0 Å². The molecule has 0 radical (unpaired) electrons. The van der Waals surface area contributed by atoms with E-state index in [2.05, 4.69) is 12.0 Å². The molecule has 0 saturated heterocycles. The van der Waals surface area contributed by atoms with Crippen molar-refractivity contribution in [2.75, 3.05) is 12.0 Å². The second-order valence-corrected chi connectivity index (χ2v) is 4.90. The molecule has 0 amide bonds. The summed E-state index contributed by atoms with van der Waals surface area (Å²) in [6.07, 6.45) is 9.97. The summed E-state index contributed by atoms with van der Waals surface area (Å²) in [4.78, 5) is 10.4. The Hall–Kier alpha value is -0.220. The summed E-state index contributed by atoms with van der Waals surface area (Å²) in [7, 11) is 0. The smallest absolute Gasteiger partial charge is 0.124 e. The topological polar surface area (TPSA) is 67.8 Å². The Kier molecular flexibility index (Phi) is 10.2. The first-order chi connectivity index (χ1) is 7.18. The number of carbonyl (C=O) groups excluding carboxylic acids is 1. The lowest BCUT2D eigenvalue weighted by atomic mass is 10.1. The standard InChI is InChI=1S/C11H23NO2S/c1-15-9-7-5-3-2-4-6-8-10(12)11(13)14/h10H,2-9,12H2,1H3,(H,13,14)/t10-/m0/s1. The molecule has 15 heavy (non-hydrogen) atoms. The third kappa shape index (κ3) is 10.1. The molecule has 0 fully saturated rings. The van der Waals surface area contributed by atoms with Gasteiger partial charge >= 0.3 is 0 Å². The Balaban J connectivity index is 3.08. The minimum Gasteiger partial charge on any atom is -0.544 e. The molecule has 0 aromatic heterocycles.